The van der Waals surface area contributed by atoms with Crippen molar-refractivity contribution in [3.8, 4) is 28.1 Å². The number of tetrazole rings is 1. The monoisotopic (exact) mass is 586 g/mol. The van der Waals surface area contributed by atoms with E-state index in [2.05, 4.69) is 25.5 Å². The summed E-state index contributed by atoms with van der Waals surface area (Å²) in [4.78, 5) is 24.5. The Hall–Kier alpha value is -4.74. The zero-order valence-corrected chi connectivity index (χ0v) is 23.2. The molecule has 9 nitrogen and oxygen atoms in total. The Bertz CT molecular complexity index is 1810. The lowest BCUT2D eigenvalue weighted by molar-refractivity contribution is -0.659. The van der Waals surface area contributed by atoms with Crippen molar-refractivity contribution in [2.45, 2.75) is 12.3 Å². The number of thiophene rings is 1. The largest absolute Gasteiger partial charge is 0.465 e. The second kappa shape index (κ2) is 11.4. The van der Waals surface area contributed by atoms with Crippen LogP contribution in [0.4, 0.5) is 4.39 Å². The van der Waals surface area contributed by atoms with E-state index in [4.69, 9.17) is 21.3 Å². The zero-order chi connectivity index (χ0) is 28.3. The zero-order valence-electron chi connectivity index (χ0n) is 21.6. The van der Waals surface area contributed by atoms with Crippen LogP contribution in [0.3, 0.4) is 0 Å². The number of pyridine rings is 1. The minimum absolute atomic E-state index is 0.0822. The maximum Gasteiger partial charge on any atom is 0.351 e. The highest BCUT2D eigenvalue weighted by Crippen LogP contribution is 2.33. The lowest BCUT2D eigenvalue weighted by atomic mass is 9.94. The molecule has 0 aliphatic heterocycles. The number of nitrogens with zero attached hydrogens (tertiary/aromatic N) is 5. The van der Waals surface area contributed by atoms with E-state index in [0.29, 0.717) is 23.0 Å². The third kappa shape index (κ3) is 5.37. The molecule has 0 bridgehead atoms. The number of nitrogens with one attached hydrogen (secondary N) is 2. The molecule has 0 aliphatic carbocycles. The van der Waals surface area contributed by atoms with Gasteiger partial charge in [0.1, 0.15) is 21.5 Å². The van der Waals surface area contributed by atoms with E-state index in [0.717, 1.165) is 39.4 Å². The molecule has 2 N–H and O–H groups in total. The number of carbonyl (C=O) groups is 1. The number of carbonyl (C=O) groups excluding carboxylic acids is 1. The Morgan fingerprint density at radius 3 is 2.68 bits per heavy atom. The number of benzene rings is 2. The van der Waals surface area contributed by atoms with E-state index < -0.39 is 11.8 Å². The molecule has 4 heterocycles. The van der Waals surface area contributed by atoms with E-state index >= 15 is 4.39 Å². The van der Waals surface area contributed by atoms with Crippen molar-refractivity contribution in [1.29, 1.82) is 0 Å². The standard InChI is InChI=1S/C29H21ClFN7O2S/c1-40-29(39)27-26(31)22(15-41-27)24-14-33-28(35-24)21(11-17-5-3-2-4-6-17)23-9-7-18(13-32-23)20-12-19(30)8-10-25(20)38-16-34-36-37-38/h2-10,12-16,21H,11H2,1H3,(H,33,35)/p+1. The number of aromatic nitrogens is 7. The first-order valence-corrected chi connectivity index (χ1v) is 13.8. The highest BCUT2D eigenvalue weighted by Gasteiger charge is 2.24. The van der Waals surface area contributed by atoms with Crippen LogP contribution >= 0.6 is 22.9 Å². The second-order valence-electron chi connectivity index (χ2n) is 9.14. The summed E-state index contributed by atoms with van der Waals surface area (Å²) in [6.07, 6.45) is 5.54. The van der Waals surface area contributed by atoms with Gasteiger partial charge in [-0.05, 0) is 36.2 Å². The minimum Gasteiger partial charge on any atom is -0.465 e. The molecule has 6 aromatic rings. The summed E-state index contributed by atoms with van der Waals surface area (Å²) >= 11 is 7.33. The van der Waals surface area contributed by atoms with Crippen molar-refractivity contribution in [3.05, 3.63) is 118 Å². The summed E-state index contributed by atoms with van der Waals surface area (Å²) in [6.45, 7) is 0. The Kier molecular flexibility index (Phi) is 7.36. The van der Waals surface area contributed by atoms with Crippen LogP contribution in [0.1, 0.15) is 32.7 Å². The number of esters is 1. The fourth-order valence-corrected chi connectivity index (χ4v) is 5.64. The molecule has 4 aromatic heterocycles. The van der Waals surface area contributed by atoms with E-state index in [9.17, 15) is 4.79 Å². The number of aromatic amines is 2. The minimum atomic E-state index is -0.713. The van der Waals surface area contributed by atoms with Gasteiger partial charge >= 0.3 is 5.97 Å². The maximum absolute atomic E-state index is 15.0. The van der Waals surface area contributed by atoms with Crippen molar-refractivity contribution in [1.82, 2.24) is 30.5 Å². The number of imidazole rings is 1. The van der Waals surface area contributed by atoms with Gasteiger partial charge in [0.2, 0.25) is 0 Å². The van der Waals surface area contributed by atoms with Crippen LogP contribution in [0, 0.1) is 5.82 Å². The molecule has 12 heteroatoms. The van der Waals surface area contributed by atoms with Gasteiger partial charge in [-0.3, -0.25) is 4.98 Å². The molecule has 0 amide bonds. The Labute approximate surface area is 242 Å². The van der Waals surface area contributed by atoms with E-state index in [1.165, 1.54) is 7.11 Å². The number of hydrogen-bond donors (Lipinski definition) is 2. The quantitative estimate of drug-likeness (QED) is 0.179. The lowest BCUT2D eigenvalue weighted by Crippen LogP contribution is -2.32. The van der Waals surface area contributed by atoms with Crippen LogP contribution in [0.2, 0.25) is 5.02 Å². The van der Waals surface area contributed by atoms with Crippen molar-refractivity contribution in [2.75, 3.05) is 7.11 Å². The van der Waals surface area contributed by atoms with Gasteiger partial charge in [0.15, 0.2) is 11.0 Å². The van der Waals surface area contributed by atoms with Crippen molar-refractivity contribution < 1.29 is 18.6 Å². The van der Waals surface area contributed by atoms with Gasteiger partial charge in [-0.1, -0.05) is 53.2 Å². The molecule has 0 spiro atoms. The van der Waals surface area contributed by atoms with Gasteiger partial charge in [-0.2, -0.15) is 0 Å². The highest BCUT2D eigenvalue weighted by molar-refractivity contribution is 7.12. The molecule has 2 aromatic carbocycles. The molecule has 6 rings (SSSR count). The van der Waals surface area contributed by atoms with Crippen LogP contribution < -0.4 is 4.68 Å². The predicted octanol–water partition coefficient (Wildman–Crippen LogP) is 5.55. The summed E-state index contributed by atoms with van der Waals surface area (Å²) < 4.78 is 21.4. The maximum atomic E-state index is 15.0. The van der Waals surface area contributed by atoms with E-state index in [1.807, 2.05) is 54.6 Å². The van der Waals surface area contributed by atoms with E-state index in [-0.39, 0.29) is 16.4 Å². The van der Waals surface area contributed by atoms with E-state index in [1.54, 1.807) is 34.8 Å². The molecular formula is C29H22ClFN7O2S+. The Balaban J connectivity index is 1.37. The van der Waals surface area contributed by atoms with Crippen LogP contribution in [-0.4, -0.2) is 43.6 Å². The fourth-order valence-electron chi connectivity index (χ4n) is 4.61. The van der Waals surface area contributed by atoms with Crippen molar-refractivity contribution in [2.24, 2.45) is 0 Å². The molecule has 0 saturated heterocycles. The van der Waals surface area contributed by atoms with Gasteiger partial charge in [0.05, 0.1) is 30.6 Å². The average molecular weight is 587 g/mol. The molecule has 0 saturated carbocycles. The topological polar surface area (TPSA) is 113 Å². The molecule has 204 valence electrons. The second-order valence-corrected chi connectivity index (χ2v) is 10.5. The number of hydrogen-bond acceptors (Lipinski definition) is 7. The lowest BCUT2D eigenvalue weighted by Gasteiger charge is -2.16. The van der Waals surface area contributed by atoms with Crippen LogP contribution in [0.15, 0.2) is 84.8 Å². The van der Waals surface area contributed by atoms with Gasteiger partial charge in [0, 0.05) is 33.3 Å². The summed E-state index contributed by atoms with van der Waals surface area (Å²) in [5.41, 5.74) is 5.11. The number of H-pyrrole nitrogens is 2. The van der Waals surface area contributed by atoms with Gasteiger partial charge in [-0.15, -0.1) is 16.0 Å². The molecule has 0 fully saturated rings. The van der Waals surface area contributed by atoms with Gasteiger partial charge in [0.25, 0.3) is 6.33 Å². The van der Waals surface area contributed by atoms with Gasteiger partial charge < -0.3 is 9.72 Å². The predicted molar refractivity (Wildman–Crippen MR) is 151 cm³/mol. The molecular weight excluding hydrogens is 565 g/mol. The first kappa shape index (κ1) is 26.5. The summed E-state index contributed by atoms with van der Waals surface area (Å²) in [5.74, 6) is -0.986. The molecule has 1 atom stereocenters. The number of rotatable bonds is 8. The summed E-state index contributed by atoms with van der Waals surface area (Å²) in [5, 5.41) is 12.6. The summed E-state index contributed by atoms with van der Waals surface area (Å²) in [6, 6.07) is 19.5. The number of ether oxygens (including phenoxy) is 1. The van der Waals surface area contributed by atoms with Crippen molar-refractivity contribution >= 4 is 28.9 Å². The van der Waals surface area contributed by atoms with Gasteiger partial charge in [-0.25, -0.2) is 14.2 Å². The summed E-state index contributed by atoms with van der Waals surface area (Å²) in [7, 11) is 1.22. The number of halogens is 2. The SMILES string of the molecule is COC(=O)c1scc(-c2cnc(C(Cc3ccccc3)c3ccc(-c4cc(Cl)ccc4-[n+]4cnn[nH]4)cn3)[nH]2)c1F. The van der Waals surface area contributed by atoms with Crippen LogP contribution in [0.25, 0.3) is 28.1 Å². The normalized spacial score (nSPS) is 11.9. The third-order valence-corrected chi connectivity index (χ3v) is 7.82. The highest BCUT2D eigenvalue weighted by atomic mass is 35.5. The number of methoxy groups -OCH3 is 1. The average Bonchev–Trinajstić information content (AvgIpc) is 3.78. The molecule has 0 radical (unpaired) electrons. The smallest absolute Gasteiger partial charge is 0.351 e. The third-order valence-electron chi connectivity index (χ3n) is 6.65. The van der Waals surface area contributed by atoms with Crippen LogP contribution in [-0.2, 0) is 11.2 Å². The Morgan fingerprint density at radius 1 is 1.10 bits per heavy atom. The molecule has 0 aliphatic rings. The molecule has 1 unspecified atom stereocenters. The first-order valence-electron chi connectivity index (χ1n) is 12.5. The first-order chi connectivity index (χ1) is 20.0. The fraction of sp³-hybridized carbons (Fsp3) is 0.103. The molecule has 41 heavy (non-hydrogen) atoms. The van der Waals surface area contributed by atoms with Crippen molar-refractivity contribution in [3.63, 3.8) is 0 Å². The Morgan fingerprint density at radius 2 is 1.95 bits per heavy atom. The van der Waals surface area contributed by atoms with Crippen LogP contribution in [0.5, 0.6) is 0 Å².